The molecule has 1 heterocycles. The molecule has 0 atom stereocenters. The highest BCUT2D eigenvalue weighted by Gasteiger charge is 2.28. The number of carbonyl (C=O) groups is 1. The predicted molar refractivity (Wildman–Crippen MR) is 214 cm³/mol. The van der Waals surface area contributed by atoms with E-state index in [-0.39, 0.29) is 5.91 Å². The summed E-state index contributed by atoms with van der Waals surface area (Å²) in [5.41, 5.74) is 0.657. The Morgan fingerprint density at radius 1 is 0.440 bits per heavy atom. The highest BCUT2D eigenvalue weighted by atomic mass is 16.5. The third-order valence-electron chi connectivity index (χ3n) is 10.3. The molecule has 1 aliphatic heterocycles. The van der Waals surface area contributed by atoms with Crippen molar-refractivity contribution in [3.8, 4) is 17.2 Å². The molecular weight excluding hydrogens is 618 g/mol. The number of carbonyl (C=O) groups excluding carboxylic acids is 1. The molecule has 0 saturated carbocycles. The number of benzene rings is 1. The van der Waals surface area contributed by atoms with Gasteiger partial charge in [-0.2, -0.15) is 0 Å². The topological polar surface area (TPSA) is 47.8 Å². The van der Waals surface area contributed by atoms with E-state index in [1.807, 2.05) is 17.0 Å². The zero-order valence-electron chi connectivity index (χ0n) is 33.5. The van der Waals surface area contributed by atoms with Gasteiger partial charge < -0.3 is 19.1 Å². The summed E-state index contributed by atoms with van der Waals surface area (Å²) in [6.45, 7) is 10.4. The van der Waals surface area contributed by atoms with Gasteiger partial charge in [-0.25, -0.2) is 0 Å². The summed E-state index contributed by atoms with van der Waals surface area (Å²) in [6.07, 6.45) is 38.9. The minimum absolute atomic E-state index is 0.0683. The lowest BCUT2D eigenvalue weighted by Gasteiger charge is -2.19. The van der Waals surface area contributed by atoms with Crippen LogP contribution in [0.15, 0.2) is 12.1 Å². The number of hydrogen-bond donors (Lipinski definition) is 0. The molecule has 0 bridgehead atoms. The summed E-state index contributed by atoms with van der Waals surface area (Å²) < 4.78 is 19.3. The van der Waals surface area contributed by atoms with Gasteiger partial charge in [0.1, 0.15) is 0 Å². The van der Waals surface area contributed by atoms with Gasteiger partial charge in [-0.3, -0.25) is 4.79 Å². The third-order valence-corrected chi connectivity index (χ3v) is 10.3. The van der Waals surface area contributed by atoms with Gasteiger partial charge in [-0.05, 0) is 31.4 Å². The second kappa shape index (κ2) is 31.8. The third kappa shape index (κ3) is 22.8. The monoisotopic (exact) mass is 700 g/mol. The van der Waals surface area contributed by atoms with Crippen molar-refractivity contribution in [2.75, 3.05) is 32.9 Å². The molecule has 50 heavy (non-hydrogen) atoms. The molecule has 1 saturated heterocycles. The summed E-state index contributed by atoms with van der Waals surface area (Å²) in [5.74, 6) is 2.12. The minimum Gasteiger partial charge on any atom is -0.490 e. The molecule has 1 aromatic carbocycles. The summed E-state index contributed by atoms with van der Waals surface area (Å²) in [6, 6.07) is 3.83. The Hall–Kier alpha value is -1.91. The maximum absolute atomic E-state index is 13.2. The number of unbranched alkanes of at least 4 members (excludes halogenated alkanes) is 27. The molecule has 5 heteroatoms. The van der Waals surface area contributed by atoms with Crippen LogP contribution in [0.5, 0.6) is 17.2 Å². The van der Waals surface area contributed by atoms with Crippen molar-refractivity contribution in [2.45, 2.75) is 213 Å². The largest absolute Gasteiger partial charge is 0.490 e. The number of rotatable bonds is 37. The van der Waals surface area contributed by atoms with Crippen LogP contribution in [0.25, 0.3) is 0 Å². The molecule has 0 N–H and O–H groups in total. The average Bonchev–Trinajstić information content (AvgIpc) is 3.98. The Labute approximate surface area is 310 Å². The van der Waals surface area contributed by atoms with Crippen molar-refractivity contribution in [1.29, 1.82) is 0 Å². The Kier molecular flexibility index (Phi) is 28.1. The first kappa shape index (κ1) is 44.3. The van der Waals surface area contributed by atoms with Gasteiger partial charge in [0.2, 0.25) is 5.75 Å². The lowest BCUT2D eigenvalue weighted by molar-refractivity contribution is 0.0884. The lowest BCUT2D eigenvalue weighted by Crippen LogP contribution is -2.13. The Morgan fingerprint density at radius 3 is 1.02 bits per heavy atom. The number of ether oxygens (including phenoxy) is 3. The molecule has 0 radical (unpaired) electrons. The van der Waals surface area contributed by atoms with E-state index < -0.39 is 0 Å². The molecule has 0 unspecified atom stereocenters. The Morgan fingerprint density at radius 2 is 0.720 bits per heavy atom. The normalized spacial score (nSPS) is 12.4. The van der Waals surface area contributed by atoms with E-state index in [0.717, 1.165) is 32.4 Å². The number of nitrogens with zero attached hydrogens (tertiary/aromatic N) is 1. The summed E-state index contributed by atoms with van der Waals surface area (Å²) in [7, 11) is 0. The fraction of sp³-hybridized carbons (Fsp3) is 0.844. The van der Waals surface area contributed by atoms with Crippen LogP contribution in [0.2, 0.25) is 0 Å². The molecule has 0 aliphatic carbocycles. The Bertz CT molecular complexity index is 883. The Balaban J connectivity index is 1.89. The van der Waals surface area contributed by atoms with Crippen molar-refractivity contribution in [3.05, 3.63) is 17.7 Å². The highest BCUT2D eigenvalue weighted by Crippen LogP contribution is 2.40. The zero-order valence-corrected chi connectivity index (χ0v) is 33.5. The second-order valence-electron chi connectivity index (χ2n) is 15.2. The van der Waals surface area contributed by atoms with Crippen LogP contribution in [0, 0.1) is 0 Å². The molecule has 1 aliphatic rings. The first-order chi connectivity index (χ1) is 24.7. The fourth-order valence-corrected chi connectivity index (χ4v) is 6.80. The van der Waals surface area contributed by atoms with Gasteiger partial charge in [0.25, 0.3) is 5.91 Å². The van der Waals surface area contributed by atoms with Gasteiger partial charge >= 0.3 is 0 Å². The van der Waals surface area contributed by atoms with E-state index >= 15 is 0 Å². The first-order valence-electron chi connectivity index (χ1n) is 22.1. The fourth-order valence-electron chi connectivity index (χ4n) is 6.80. The second-order valence-corrected chi connectivity index (χ2v) is 15.2. The maximum Gasteiger partial charge on any atom is 0.254 e. The van der Waals surface area contributed by atoms with Crippen molar-refractivity contribution in [2.24, 2.45) is 0 Å². The summed E-state index contributed by atoms with van der Waals surface area (Å²) in [5, 5.41) is 0. The predicted octanol–water partition coefficient (Wildman–Crippen LogP) is 14.0. The van der Waals surface area contributed by atoms with E-state index in [0.29, 0.717) is 42.6 Å². The van der Waals surface area contributed by atoms with E-state index in [4.69, 9.17) is 14.2 Å². The van der Waals surface area contributed by atoms with Crippen LogP contribution >= 0.6 is 0 Å². The minimum atomic E-state index is 0.0683. The van der Waals surface area contributed by atoms with Crippen LogP contribution in [-0.4, -0.2) is 43.7 Å². The van der Waals surface area contributed by atoms with Gasteiger partial charge in [0.05, 0.1) is 19.8 Å². The van der Waals surface area contributed by atoms with E-state index in [2.05, 4.69) is 20.8 Å². The standard InChI is InChI=1S/C45H81NO4/c1-4-7-10-13-16-19-22-25-28-31-36-48-42-39-41(45(47)46-34-35-46)40-43(49-37-32-29-26-23-20-17-14-11-8-5-2)44(42)50-38-33-30-27-24-21-18-15-12-9-6-3/h39-40H,4-38H2,1-3H3. The number of hydrogen-bond acceptors (Lipinski definition) is 4. The van der Waals surface area contributed by atoms with Crippen molar-refractivity contribution < 1.29 is 19.0 Å². The van der Waals surface area contributed by atoms with Crippen LogP contribution < -0.4 is 14.2 Å². The van der Waals surface area contributed by atoms with Crippen LogP contribution in [0.1, 0.15) is 224 Å². The smallest absolute Gasteiger partial charge is 0.254 e. The molecule has 1 amide bonds. The lowest BCUT2D eigenvalue weighted by atomic mass is 10.1. The van der Waals surface area contributed by atoms with E-state index in [9.17, 15) is 4.79 Å². The number of amides is 1. The molecule has 5 nitrogen and oxygen atoms in total. The van der Waals surface area contributed by atoms with E-state index in [1.54, 1.807) is 0 Å². The van der Waals surface area contributed by atoms with Gasteiger partial charge in [0, 0.05) is 18.7 Å². The average molecular weight is 700 g/mol. The molecule has 2 rings (SSSR count). The van der Waals surface area contributed by atoms with Crippen LogP contribution in [0.4, 0.5) is 0 Å². The van der Waals surface area contributed by atoms with Gasteiger partial charge in [-0.15, -0.1) is 0 Å². The van der Waals surface area contributed by atoms with Crippen LogP contribution in [0.3, 0.4) is 0 Å². The SMILES string of the molecule is CCCCCCCCCCCCOc1cc(C(=O)N2CC2)cc(OCCCCCCCCCCCC)c1OCCCCCCCCCCCC. The van der Waals surface area contributed by atoms with Gasteiger partial charge in [-0.1, -0.05) is 194 Å². The molecule has 0 spiro atoms. The molecular formula is C45H81NO4. The summed E-state index contributed by atoms with van der Waals surface area (Å²) >= 11 is 0. The van der Waals surface area contributed by atoms with E-state index in [1.165, 1.54) is 173 Å². The molecule has 0 aromatic heterocycles. The summed E-state index contributed by atoms with van der Waals surface area (Å²) in [4.78, 5) is 15.0. The molecule has 290 valence electrons. The van der Waals surface area contributed by atoms with Crippen molar-refractivity contribution in [3.63, 3.8) is 0 Å². The van der Waals surface area contributed by atoms with Crippen LogP contribution in [-0.2, 0) is 0 Å². The highest BCUT2D eigenvalue weighted by molar-refractivity contribution is 5.96. The molecule has 1 fully saturated rings. The van der Waals surface area contributed by atoms with Crippen molar-refractivity contribution >= 4 is 5.91 Å². The molecule has 1 aromatic rings. The zero-order chi connectivity index (χ0) is 35.7. The van der Waals surface area contributed by atoms with Crippen molar-refractivity contribution in [1.82, 2.24) is 4.90 Å². The quantitative estimate of drug-likeness (QED) is 0.0512. The first-order valence-corrected chi connectivity index (χ1v) is 22.1. The maximum atomic E-state index is 13.2. The van der Waals surface area contributed by atoms with Gasteiger partial charge in [0.15, 0.2) is 11.5 Å².